The average Bonchev–Trinajstić information content (AvgIpc) is 2.87. The molecule has 0 radical (unpaired) electrons. The zero-order chi connectivity index (χ0) is 24.6. The Hall–Kier alpha value is -3.98. The van der Waals surface area contributed by atoms with Crippen LogP contribution in [0.4, 0.5) is 16.3 Å². The zero-order valence-corrected chi connectivity index (χ0v) is 20.0. The number of anilines is 2. The van der Waals surface area contributed by atoms with Crippen molar-refractivity contribution in [2.75, 3.05) is 30.8 Å². The summed E-state index contributed by atoms with van der Waals surface area (Å²) in [4.78, 5) is 35.8. The lowest BCUT2D eigenvalue weighted by Crippen LogP contribution is -2.44. The Labute approximate surface area is 204 Å². The van der Waals surface area contributed by atoms with Crippen molar-refractivity contribution in [1.82, 2.24) is 20.2 Å². The predicted octanol–water partition coefficient (Wildman–Crippen LogP) is 3.83. The summed E-state index contributed by atoms with van der Waals surface area (Å²) in [5, 5.41) is 8.47. The van der Waals surface area contributed by atoms with Crippen molar-refractivity contribution in [3.63, 3.8) is 0 Å². The Morgan fingerprint density at radius 2 is 1.80 bits per heavy atom. The maximum Gasteiger partial charge on any atom is 0.324 e. The molecule has 1 aliphatic rings. The number of nitrogens with zero attached hydrogens (tertiary/aromatic N) is 3. The SMILES string of the molecule is COc1cc(C(=O)NC2CCN(Cc3ccccc3)CC2)ccc1NC(=O)Nc1cnc(C)cn1. The van der Waals surface area contributed by atoms with E-state index >= 15 is 0 Å². The van der Waals surface area contributed by atoms with Crippen LogP contribution in [0.3, 0.4) is 0 Å². The van der Waals surface area contributed by atoms with Crippen LogP contribution in [0.1, 0.15) is 34.5 Å². The third-order valence-electron chi connectivity index (χ3n) is 5.91. The van der Waals surface area contributed by atoms with Crippen molar-refractivity contribution in [2.24, 2.45) is 0 Å². The minimum Gasteiger partial charge on any atom is -0.495 e. The number of rotatable bonds is 7. The summed E-state index contributed by atoms with van der Waals surface area (Å²) >= 11 is 0. The molecule has 9 heteroatoms. The smallest absolute Gasteiger partial charge is 0.324 e. The molecule has 3 N–H and O–H groups in total. The summed E-state index contributed by atoms with van der Waals surface area (Å²) < 4.78 is 5.41. The first-order valence-electron chi connectivity index (χ1n) is 11.6. The molecule has 3 amide bonds. The molecule has 35 heavy (non-hydrogen) atoms. The third-order valence-corrected chi connectivity index (χ3v) is 5.91. The third kappa shape index (κ3) is 6.77. The molecule has 0 unspecified atom stereocenters. The van der Waals surface area contributed by atoms with E-state index in [0.717, 1.165) is 38.2 Å². The molecule has 0 atom stereocenters. The number of carbonyl (C=O) groups is 2. The lowest BCUT2D eigenvalue weighted by Gasteiger charge is -2.32. The molecule has 9 nitrogen and oxygen atoms in total. The predicted molar refractivity (Wildman–Crippen MR) is 135 cm³/mol. The number of methoxy groups -OCH3 is 1. The van der Waals surface area contributed by atoms with Crippen LogP contribution in [0.25, 0.3) is 0 Å². The Kier molecular flexibility index (Phi) is 7.89. The van der Waals surface area contributed by atoms with E-state index in [0.29, 0.717) is 22.8 Å². The molecule has 4 rings (SSSR count). The topological polar surface area (TPSA) is 108 Å². The molecule has 0 aliphatic carbocycles. The fourth-order valence-corrected chi connectivity index (χ4v) is 4.01. The molecule has 3 aromatic rings. The average molecular weight is 475 g/mol. The molecule has 0 bridgehead atoms. The highest BCUT2D eigenvalue weighted by Gasteiger charge is 2.22. The van der Waals surface area contributed by atoms with Crippen LogP contribution in [0.2, 0.25) is 0 Å². The number of ether oxygens (including phenoxy) is 1. The van der Waals surface area contributed by atoms with Crippen LogP contribution >= 0.6 is 0 Å². The van der Waals surface area contributed by atoms with Gasteiger partial charge < -0.3 is 15.4 Å². The largest absolute Gasteiger partial charge is 0.495 e. The molecule has 1 aliphatic heterocycles. The van der Waals surface area contributed by atoms with E-state index in [-0.39, 0.29) is 11.9 Å². The Balaban J connectivity index is 1.30. The summed E-state index contributed by atoms with van der Waals surface area (Å²) in [6, 6.07) is 15.0. The fourth-order valence-electron chi connectivity index (χ4n) is 4.01. The molecule has 1 saturated heterocycles. The lowest BCUT2D eigenvalue weighted by atomic mass is 10.0. The highest BCUT2D eigenvalue weighted by molar-refractivity contribution is 6.01. The molecule has 2 heterocycles. The Morgan fingerprint density at radius 3 is 2.49 bits per heavy atom. The van der Waals surface area contributed by atoms with Crippen LogP contribution in [0.5, 0.6) is 5.75 Å². The van der Waals surface area contributed by atoms with Gasteiger partial charge in [0.1, 0.15) is 5.75 Å². The van der Waals surface area contributed by atoms with Crippen molar-refractivity contribution in [2.45, 2.75) is 32.4 Å². The second-order valence-corrected chi connectivity index (χ2v) is 8.55. The van der Waals surface area contributed by atoms with Gasteiger partial charge >= 0.3 is 6.03 Å². The summed E-state index contributed by atoms with van der Waals surface area (Å²) in [5.41, 5.74) is 2.97. The maximum atomic E-state index is 12.9. The fraction of sp³-hybridized carbons (Fsp3) is 0.308. The van der Waals surface area contributed by atoms with Crippen LogP contribution in [-0.4, -0.2) is 53.0 Å². The number of nitrogens with one attached hydrogen (secondary N) is 3. The van der Waals surface area contributed by atoms with Gasteiger partial charge in [-0.15, -0.1) is 0 Å². The molecule has 2 aromatic carbocycles. The number of aromatic nitrogens is 2. The van der Waals surface area contributed by atoms with Crippen molar-refractivity contribution >= 4 is 23.4 Å². The molecule has 182 valence electrons. The van der Waals surface area contributed by atoms with E-state index in [9.17, 15) is 9.59 Å². The number of carbonyl (C=O) groups excluding carboxylic acids is 2. The summed E-state index contributed by atoms with van der Waals surface area (Å²) in [6.45, 7) is 4.62. The van der Waals surface area contributed by atoms with Gasteiger partial charge in [-0.2, -0.15) is 0 Å². The quantitative estimate of drug-likeness (QED) is 0.480. The molecule has 1 aromatic heterocycles. The first kappa shape index (κ1) is 24.2. The van der Waals surface area contributed by atoms with Crippen molar-refractivity contribution in [3.8, 4) is 5.75 Å². The van der Waals surface area contributed by atoms with E-state index < -0.39 is 6.03 Å². The van der Waals surface area contributed by atoms with Crippen LogP contribution < -0.4 is 20.7 Å². The van der Waals surface area contributed by atoms with E-state index in [4.69, 9.17) is 4.74 Å². The van der Waals surface area contributed by atoms with Gasteiger partial charge in [0.25, 0.3) is 5.91 Å². The Morgan fingerprint density at radius 1 is 1.03 bits per heavy atom. The molecule has 0 spiro atoms. The van der Waals surface area contributed by atoms with E-state index in [2.05, 4.69) is 55.1 Å². The van der Waals surface area contributed by atoms with E-state index in [1.54, 1.807) is 24.4 Å². The van der Waals surface area contributed by atoms with Gasteiger partial charge in [0.15, 0.2) is 5.82 Å². The minimum atomic E-state index is -0.485. The van der Waals surface area contributed by atoms with Crippen LogP contribution in [0, 0.1) is 6.92 Å². The monoisotopic (exact) mass is 474 g/mol. The number of hydrogen-bond donors (Lipinski definition) is 3. The van der Waals surface area contributed by atoms with Gasteiger partial charge in [0.2, 0.25) is 0 Å². The molecule has 1 fully saturated rings. The Bertz CT molecular complexity index is 1150. The van der Waals surface area contributed by atoms with Gasteiger partial charge in [-0.25, -0.2) is 9.78 Å². The van der Waals surface area contributed by atoms with E-state index in [1.165, 1.54) is 18.9 Å². The van der Waals surface area contributed by atoms with Gasteiger partial charge in [-0.3, -0.25) is 20.0 Å². The second kappa shape index (κ2) is 11.4. The van der Waals surface area contributed by atoms with Crippen molar-refractivity contribution in [3.05, 3.63) is 77.7 Å². The zero-order valence-electron chi connectivity index (χ0n) is 20.0. The number of urea groups is 1. The number of aryl methyl sites for hydroxylation is 1. The second-order valence-electron chi connectivity index (χ2n) is 8.55. The van der Waals surface area contributed by atoms with Crippen molar-refractivity contribution < 1.29 is 14.3 Å². The van der Waals surface area contributed by atoms with Crippen molar-refractivity contribution in [1.29, 1.82) is 0 Å². The first-order chi connectivity index (χ1) is 17.0. The number of hydrogen-bond acceptors (Lipinski definition) is 6. The molecular weight excluding hydrogens is 444 g/mol. The number of piperidine rings is 1. The first-order valence-corrected chi connectivity index (χ1v) is 11.6. The van der Waals surface area contributed by atoms with Gasteiger partial charge in [0.05, 0.1) is 30.9 Å². The maximum absolute atomic E-state index is 12.9. The van der Waals surface area contributed by atoms with Gasteiger partial charge in [-0.1, -0.05) is 30.3 Å². The number of likely N-dealkylation sites (tertiary alicyclic amines) is 1. The highest BCUT2D eigenvalue weighted by Crippen LogP contribution is 2.26. The van der Waals surface area contributed by atoms with Gasteiger partial charge in [0, 0.05) is 31.2 Å². The van der Waals surface area contributed by atoms with Gasteiger partial charge in [-0.05, 0) is 43.5 Å². The standard InChI is InChI=1S/C26H30N6O3/c1-18-15-28-24(16-27-18)31-26(34)30-22-9-8-20(14-23(22)35-2)25(33)29-21-10-12-32(13-11-21)17-19-6-4-3-5-7-19/h3-9,14-16,21H,10-13,17H2,1-2H3,(H,29,33)(H2,28,30,31,34). The summed E-state index contributed by atoms with van der Waals surface area (Å²) in [5.74, 6) is 0.564. The molecular formula is C26H30N6O3. The van der Waals surface area contributed by atoms with Crippen LogP contribution in [0.15, 0.2) is 60.9 Å². The number of benzene rings is 2. The normalized spacial score (nSPS) is 14.2. The molecule has 0 saturated carbocycles. The summed E-state index contributed by atoms with van der Waals surface area (Å²) in [7, 11) is 1.49. The van der Waals surface area contributed by atoms with Crippen LogP contribution in [-0.2, 0) is 6.54 Å². The minimum absolute atomic E-state index is 0.125. The summed E-state index contributed by atoms with van der Waals surface area (Å²) in [6.07, 6.45) is 4.84. The lowest BCUT2D eigenvalue weighted by molar-refractivity contribution is 0.0908. The number of amides is 3. The highest BCUT2D eigenvalue weighted by atomic mass is 16.5. The van der Waals surface area contributed by atoms with E-state index in [1.807, 2.05) is 13.0 Å².